The Labute approximate surface area is 99.0 Å². The second-order valence-corrected chi connectivity index (χ2v) is 5.73. The third kappa shape index (κ3) is 6.44. The first kappa shape index (κ1) is 13.3. The van der Waals surface area contributed by atoms with Crippen molar-refractivity contribution in [3.05, 3.63) is 0 Å². The van der Waals surface area contributed by atoms with Gasteiger partial charge in [-0.1, -0.05) is 6.92 Å². The largest absolute Gasteiger partial charge is 0.327 e. The lowest BCUT2D eigenvalue weighted by atomic mass is 10.2. The van der Waals surface area contributed by atoms with Gasteiger partial charge in [-0.05, 0) is 50.2 Å². The standard InChI is InChI=1S/C12H26N2S/c1-3-7-14(9-11-4-5-11)10-12(13)6-8-15-2/h11-12H,3-10,13H2,1-2H3. The van der Waals surface area contributed by atoms with E-state index < -0.39 is 0 Å². The molecule has 0 aliphatic heterocycles. The molecule has 90 valence electrons. The average Bonchev–Trinajstić information content (AvgIpc) is 2.99. The number of rotatable bonds is 9. The fourth-order valence-corrected chi connectivity index (χ4v) is 2.47. The fourth-order valence-electron chi connectivity index (χ4n) is 1.93. The molecule has 0 aromatic carbocycles. The lowest BCUT2D eigenvalue weighted by Gasteiger charge is -2.25. The number of nitrogens with zero attached hydrogens (tertiary/aromatic N) is 1. The van der Waals surface area contributed by atoms with Crippen LogP contribution in [0.25, 0.3) is 0 Å². The number of hydrogen-bond acceptors (Lipinski definition) is 3. The maximum atomic E-state index is 6.13. The molecule has 0 spiro atoms. The average molecular weight is 230 g/mol. The van der Waals surface area contributed by atoms with Crippen LogP contribution in [-0.4, -0.2) is 42.6 Å². The molecule has 1 fully saturated rings. The van der Waals surface area contributed by atoms with Crippen molar-refractivity contribution in [2.75, 3.05) is 31.6 Å². The monoisotopic (exact) mass is 230 g/mol. The van der Waals surface area contributed by atoms with Crippen LogP contribution in [0.2, 0.25) is 0 Å². The Bertz CT molecular complexity index is 160. The Balaban J connectivity index is 2.15. The van der Waals surface area contributed by atoms with Crippen molar-refractivity contribution >= 4 is 11.8 Å². The molecular weight excluding hydrogens is 204 g/mol. The molecule has 2 N–H and O–H groups in total. The maximum Gasteiger partial charge on any atom is 0.0175 e. The van der Waals surface area contributed by atoms with Gasteiger partial charge in [0.25, 0.3) is 0 Å². The predicted molar refractivity (Wildman–Crippen MR) is 70.4 cm³/mol. The molecule has 0 amide bonds. The molecule has 0 bridgehead atoms. The Hall–Kier alpha value is 0.270. The molecule has 15 heavy (non-hydrogen) atoms. The molecule has 1 aliphatic rings. The summed E-state index contributed by atoms with van der Waals surface area (Å²) in [4.78, 5) is 2.57. The molecule has 0 aromatic heterocycles. The minimum atomic E-state index is 0.378. The zero-order chi connectivity index (χ0) is 11.1. The summed E-state index contributed by atoms with van der Waals surface area (Å²) >= 11 is 1.90. The molecule has 1 aliphatic carbocycles. The van der Waals surface area contributed by atoms with E-state index >= 15 is 0 Å². The first-order valence-corrected chi connectivity index (χ1v) is 7.62. The van der Waals surface area contributed by atoms with E-state index in [1.807, 2.05) is 11.8 Å². The van der Waals surface area contributed by atoms with Crippen molar-refractivity contribution in [1.82, 2.24) is 4.90 Å². The molecule has 0 saturated heterocycles. The van der Waals surface area contributed by atoms with Gasteiger partial charge in [-0.3, -0.25) is 0 Å². The second-order valence-electron chi connectivity index (χ2n) is 4.74. The first-order valence-electron chi connectivity index (χ1n) is 6.23. The summed E-state index contributed by atoms with van der Waals surface area (Å²) in [5.74, 6) is 2.19. The van der Waals surface area contributed by atoms with Crippen LogP contribution in [0, 0.1) is 5.92 Å². The minimum Gasteiger partial charge on any atom is -0.327 e. The topological polar surface area (TPSA) is 29.3 Å². The summed E-state index contributed by atoms with van der Waals surface area (Å²) in [6, 6.07) is 0.378. The van der Waals surface area contributed by atoms with Crippen molar-refractivity contribution in [2.24, 2.45) is 11.7 Å². The lowest BCUT2D eigenvalue weighted by molar-refractivity contribution is 0.245. The molecular formula is C12H26N2S. The molecule has 1 atom stereocenters. The molecule has 3 heteroatoms. The predicted octanol–water partition coefficient (Wildman–Crippen LogP) is 2.19. The quantitative estimate of drug-likeness (QED) is 0.658. The van der Waals surface area contributed by atoms with Gasteiger partial charge in [0.1, 0.15) is 0 Å². The van der Waals surface area contributed by atoms with E-state index in [1.54, 1.807) is 0 Å². The van der Waals surface area contributed by atoms with Crippen LogP contribution in [0.5, 0.6) is 0 Å². The molecule has 1 saturated carbocycles. The van der Waals surface area contributed by atoms with E-state index in [2.05, 4.69) is 18.1 Å². The van der Waals surface area contributed by atoms with E-state index in [4.69, 9.17) is 5.73 Å². The first-order chi connectivity index (χ1) is 7.26. The maximum absolute atomic E-state index is 6.13. The SMILES string of the molecule is CCCN(CC(N)CCSC)CC1CC1. The van der Waals surface area contributed by atoms with Crippen molar-refractivity contribution in [2.45, 2.75) is 38.6 Å². The van der Waals surface area contributed by atoms with Crippen molar-refractivity contribution in [3.8, 4) is 0 Å². The Morgan fingerprint density at radius 2 is 2.20 bits per heavy atom. The Morgan fingerprint density at radius 1 is 1.47 bits per heavy atom. The minimum absolute atomic E-state index is 0.378. The molecule has 1 unspecified atom stereocenters. The van der Waals surface area contributed by atoms with Gasteiger partial charge in [0.15, 0.2) is 0 Å². The van der Waals surface area contributed by atoms with Gasteiger partial charge in [0, 0.05) is 19.1 Å². The van der Waals surface area contributed by atoms with Gasteiger partial charge in [-0.2, -0.15) is 11.8 Å². The highest BCUT2D eigenvalue weighted by atomic mass is 32.2. The molecule has 1 rings (SSSR count). The van der Waals surface area contributed by atoms with Crippen LogP contribution in [0.4, 0.5) is 0 Å². The van der Waals surface area contributed by atoms with Crippen LogP contribution in [0.1, 0.15) is 32.6 Å². The Kier molecular flexibility index (Phi) is 6.69. The van der Waals surface area contributed by atoms with Crippen molar-refractivity contribution in [1.29, 1.82) is 0 Å². The van der Waals surface area contributed by atoms with Crippen LogP contribution in [-0.2, 0) is 0 Å². The third-order valence-electron chi connectivity index (χ3n) is 2.94. The highest BCUT2D eigenvalue weighted by Gasteiger charge is 2.24. The third-order valence-corrected chi connectivity index (χ3v) is 3.58. The van der Waals surface area contributed by atoms with Crippen LogP contribution in [0.15, 0.2) is 0 Å². The highest BCUT2D eigenvalue weighted by Crippen LogP contribution is 2.29. The summed E-state index contributed by atoms with van der Waals surface area (Å²) in [7, 11) is 0. The van der Waals surface area contributed by atoms with E-state index in [-0.39, 0.29) is 0 Å². The number of nitrogens with two attached hydrogens (primary N) is 1. The molecule has 0 aromatic rings. The smallest absolute Gasteiger partial charge is 0.0175 e. The van der Waals surface area contributed by atoms with E-state index in [9.17, 15) is 0 Å². The Morgan fingerprint density at radius 3 is 2.73 bits per heavy atom. The van der Waals surface area contributed by atoms with Gasteiger partial charge in [0.05, 0.1) is 0 Å². The summed E-state index contributed by atoms with van der Waals surface area (Å²) in [5, 5.41) is 0. The van der Waals surface area contributed by atoms with Crippen molar-refractivity contribution in [3.63, 3.8) is 0 Å². The number of thioether (sulfide) groups is 1. The van der Waals surface area contributed by atoms with Gasteiger partial charge in [-0.25, -0.2) is 0 Å². The van der Waals surface area contributed by atoms with Gasteiger partial charge < -0.3 is 10.6 Å². The van der Waals surface area contributed by atoms with Gasteiger partial charge in [-0.15, -0.1) is 0 Å². The van der Waals surface area contributed by atoms with E-state index in [0.717, 1.165) is 18.9 Å². The van der Waals surface area contributed by atoms with Crippen molar-refractivity contribution < 1.29 is 0 Å². The molecule has 0 radical (unpaired) electrons. The van der Waals surface area contributed by atoms with Gasteiger partial charge in [0.2, 0.25) is 0 Å². The zero-order valence-corrected chi connectivity index (χ0v) is 11.1. The number of hydrogen-bond donors (Lipinski definition) is 1. The summed E-state index contributed by atoms with van der Waals surface area (Å²) in [6.07, 6.45) is 7.45. The normalized spacial score (nSPS) is 18.4. The summed E-state index contributed by atoms with van der Waals surface area (Å²) < 4.78 is 0. The van der Waals surface area contributed by atoms with Crippen LogP contribution >= 0.6 is 11.8 Å². The van der Waals surface area contributed by atoms with E-state index in [1.165, 1.54) is 38.1 Å². The summed E-state index contributed by atoms with van der Waals surface area (Å²) in [6.45, 7) is 5.88. The highest BCUT2D eigenvalue weighted by molar-refractivity contribution is 7.98. The molecule has 2 nitrogen and oxygen atoms in total. The summed E-state index contributed by atoms with van der Waals surface area (Å²) in [5.41, 5.74) is 6.13. The zero-order valence-electron chi connectivity index (χ0n) is 10.2. The van der Waals surface area contributed by atoms with Crippen LogP contribution in [0.3, 0.4) is 0 Å². The second kappa shape index (κ2) is 7.53. The molecule has 0 heterocycles. The van der Waals surface area contributed by atoms with E-state index in [0.29, 0.717) is 6.04 Å². The lowest BCUT2D eigenvalue weighted by Crippen LogP contribution is -2.39. The van der Waals surface area contributed by atoms with Crippen LogP contribution < -0.4 is 5.73 Å². The fraction of sp³-hybridized carbons (Fsp3) is 1.00. The van der Waals surface area contributed by atoms with Gasteiger partial charge >= 0.3 is 0 Å².